The third kappa shape index (κ3) is 5.41. The van der Waals surface area contributed by atoms with E-state index in [9.17, 15) is 0 Å². The lowest BCUT2D eigenvalue weighted by molar-refractivity contribution is 0.0114. The molecule has 1 rings (SSSR count). The lowest BCUT2D eigenvalue weighted by atomic mass is 9.93. The highest BCUT2D eigenvalue weighted by atomic mass is 16.5. The molecule has 19 heavy (non-hydrogen) atoms. The zero-order chi connectivity index (χ0) is 14.4. The average molecular weight is 270 g/mol. The van der Waals surface area contributed by atoms with E-state index in [0.717, 1.165) is 32.2 Å². The van der Waals surface area contributed by atoms with E-state index in [-0.39, 0.29) is 0 Å². The molecule has 1 N–H and O–H groups in total. The van der Waals surface area contributed by atoms with Crippen molar-refractivity contribution in [1.82, 2.24) is 10.2 Å². The van der Waals surface area contributed by atoms with Crippen molar-refractivity contribution in [3.05, 3.63) is 0 Å². The van der Waals surface area contributed by atoms with Crippen molar-refractivity contribution in [1.29, 1.82) is 0 Å². The molecule has 0 aromatic carbocycles. The maximum Gasteiger partial charge on any atom is 0.0619 e. The van der Waals surface area contributed by atoms with Crippen LogP contribution in [0.25, 0.3) is 0 Å². The Balaban J connectivity index is 2.61. The molecule has 0 aliphatic carbocycles. The van der Waals surface area contributed by atoms with E-state index in [4.69, 9.17) is 4.74 Å². The first-order valence-electron chi connectivity index (χ1n) is 8.02. The highest BCUT2D eigenvalue weighted by Gasteiger charge is 2.32. The Kier molecular flexibility index (Phi) is 7.33. The van der Waals surface area contributed by atoms with Gasteiger partial charge in [-0.1, -0.05) is 27.7 Å². The molecule has 1 aliphatic heterocycles. The Morgan fingerprint density at radius 1 is 1.21 bits per heavy atom. The summed E-state index contributed by atoms with van der Waals surface area (Å²) in [7, 11) is 0. The molecule has 0 saturated carbocycles. The van der Waals surface area contributed by atoms with Crippen LogP contribution in [-0.4, -0.2) is 49.3 Å². The maximum atomic E-state index is 5.63. The normalized spacial score (nSPS) is 27.2. The summed E-state index contributed by atoms with van der Waals surface area (Å²) in [4.78, 5) is 2.67. The highest BCUT2D eigenvalue weighted by molar-refractivity contribution is 4.90. The van der Waals surface area contributed by atoms with E-state index >= 15 is 0 Å². The Bertz CT molecular complexity index is 243. The largest absolute Gasteiger partial charge is 0.380 e. The second kappa shape index (κ2) is 8.23. The summed E-state index contributed by atoms with van der Waals surface area (Å²) in [5, 5.41) is 3.74. The van der Waals surface area contributed by atoms with Crippen LogP contribution in [0.5, 0.6) is 0 Å². The predicted octanol–water partition coefficient (Wildman–Crippen LogP) is 2.76. The third-order valence-corrected chi connectivity index (χ3v) is 4.13. The predicted molar refractivity (Wildman–Crippen MR) is 82.5 cm³/mol. The van der Waals surface area contributed by atoms with Crippen LogP contribution in [0.4, 0.5) is 0 Å². The number of rotatable bonds is 7. The van der Waals surface area contributed by atoms with Crippen molar-refractivity contribution >= 4 is 0 Å². The second-order valence-corrected chi connectivity index (χ2v) is 6.75. The van der Waals surface area contributed by atoms with Crippen LogP contribution in [-0.2, 0) is 4.74 Å². The van der Waals surface area contributed by atoms with Gasteiger partial charge in [-0.2, -0.15) is 0 Å². The number of piperazine rings is 1. The molecule has 1 heterocycles. The standard InChI is InChI=1S/C16H34N2O/c1-7-19-11-14(6)18-10-15(8-12(2)3)17-9-16(18)13(4)5/h12-17H,7-11H2,1-6H3. The molecular formula is C16H34N2O. The smallest absolute Gasteiger partial charge is 0.0619 e. The van der Waals surface area contributed by atoms with Gasteiger partial charge in [-0.05, 0) is 32.1 Å². The zero-order valence-electron chi connectivity index (χ0n) is 13.8. The number of ether oxygens (including phenoxy) is 1. The van der Waals surface area contributed by atoms with Crippen molar-refractivity contribution in [3.8, 4) is 0 Å². The molecule has 1 fully saturated rings. The molecule has 1 aliphatic rings. The molecule has 114 valence electrons. The van der Waals surface area contributed by atoms with Crippen LogP contribution in [0.1, 0.15) is 48.0 Å². The fourth-order valence-corrected chi connectivity index (χ4v) is 3.10. The zero-order valence-corrected chi connectivity index (χ0v) is 13.8. The highest BCUT2D eigenvalue weighted by Crippen LogP contribution is 2.20. The van der Waals surface area contributed by atoms with Gasteiger partial charge in [-0.25, -0.2) is 0 Å². The Morgan fingerprint density at radius 3 is 2.42 bits per heavy atom. The molecule has 0 bridgehead atoms. The fourth-order valence-electron chi connectivity index (χ4n) is 3.10. The van der Waals surface area contributed by atoms with Crippen molar-refractivity contribution < 1.29 is 4.74 Å². The van der Waals surface area contributed by atoms with E-state index < -0.39 is 0 Å². The topological polar surface area (TPSA) is 24.5 Å². The third-order valence-electron chi connectivity index (χ3n) is 4.13. The quantitative estimate of drug-likeness (QED) is 0.770. The Morgan fingerprint density at radius 2 is 1.89 bits per heavy atom. The Hall–Kier alpha value is -0.120. The minimum Gasteiger partial charge on any atom is -0.380 e. The molecule has 0 spiro atoms. The first-order valence-corrected chi connectivity index (χ1v) is 8.02. The van der Waals surface area contributed by atoms with Crippen LogP contribution in [0.15, 0.2) is 0 Å². The van der Waals surface area contributed by atoms with Crippen LogP contribution in [0, 0.1) is 11.8 Å². The maximum absolute atomic E-state index is 5.63. The summed E-state index contributed by atoms with van der Waals surface area (Å²) in [5.74, 6) is 1.45. The molecule has 0 aromatic heterocycles. The van der Waals surface area contributed by atoms with Gasteiger partial charge >= 0.3 is 0 Å². The van der Waals surface area contributed by atoms with E-state index in [1.165, 1.54) is 6.42 Å². The summed E-state index contributed by atoms with van der Waals surface area (Å²) in [5.41, 5.74) is 0. The van der Waals surface area contributed by atoms with Crippen LogP contribution in [0.3, 0.4) is 0 Å². The number of hydrogen-bond donors (Lipinski definition) is 1. The monoisotopic (exact) mass is 270 g/mol. The van der Waals surface area contributed by atoms with Crippen LogP contribution in [0.2, 0.25) is 0 Å². The van der Waals surface area contributed by atoms with E-state index in [1.807, 2.05) is 0 Å². The summed E-state index contributed by atoms with van der Waals surface area (Å²) in [6, 6.07) is 1.79. The van der Waals surface area contributed by atoms with E-state index in [2.05, 4.69) is 51.8 Å². The molecule has 3 unspecified atom stereocenters. The molecule has 3 nitrogen and oxygen atoms in total. The van der Waals surface area contributed by atoms with E-state index in [0.29, 0.717) is 24.0 Å². The molecule has 3 atom stereocenters. The summed E-state index contributed by atoms with van der Waals surface area (Å²) in [6.45, 7) is 17.6. The van der Waals surface area contributed by atoms with Crippen molar-refractivity contribution in [2.45, 2.75) is 66.1 Å². The van der Waals surface area contributed by atoms with Crippen molar-refractivity contribution in [2.24, 2.45) is 11.8 Å². The summed E-state index contributed by atoms with van der Waals surface area (Å²) >= 11 is 0. The molecule has 3 heteroatoms. The van der Waals surface area contributed by atoms with Crippen molar-refractivity contribution in [3.63, 3.8) is 0 Å². The summed E-state index contributed by atoms with van der Waals surface area (Å²) < 4.78 is 5.63. The van der Waals surface area contributed by atoms with Gasteiger partial charge in [-0.15, -0.1) is 0 Å². The number of hydrogen-bond acceptors (Lipinski definition) is 3. The number of nitrogens with zero attached hydrogens (tertiary/aromatic N) is 1. The molecule has 0 radical (unpaired) electrons. The lowest BCUT2D eigenvalue weighted by Crippen LogP contribution is -2.61. The lowest BCUT2D eigenvalue weighted by Gasteiger charge is -2.45. The van der Waals surface area contributed by atoms with Gasteiger partial charge in [0.2, 0.25) is 0 Å². The van der Waals surface area contributed by atoms with Gasteiger partial charge in [-0.3, -0.25) is 4.90 Å². The van der Waals surface area contributed by atoms with Crippen molar-refractivity contribution in [2.75, 3.05) is 26.3 Å². The van der Waals surface area contributed by atoms with Crippen LogP contribution < -0.4 is 5.32 Å². The Labute approximate surface area is 120 Å². The second-order valence-electron chi connectivity index (χ2n) is 6.75. The molecular weight excluding hydrogens is 236 g/mol. The van der Waals surface area contributed by atoms with Crippen LogP contribution >= 0.6 is 0 Å². The van der Waals surface area contributed by atoms with E-state index in [1.54, 1.807) is 0 Å². The van der Waals surface area contributed by atoms with Gasteiger partial charge in [0.25, 0.3) is 0 Å². The van der Waals surface area contributed by atoms with Gasteiger partial charge in [0.1, 0.15) is 0 Å². The fraction of sp³-hybridized carbons (Fsp3) is 1.00. The first-order chi connectivity index (χ1) is 8.95. The molecule has 0 aromatic rings. The molecule has 0 amide bonds. The minimum absolute atomic E-state index is 0.518. The van der Waals surface area contributed by atoms with Gasteiger partial charge in [0.15, 0.2) is 0 Å². The minimum atomic E-state index is 0.518. The summed E-state index contributed by atoms with van der Waals surface area (Å²) in [6.07, 6.45) is 1.27. The van der Waals surface area contributed by atoms with Gasteiger partial charge < -0.3 is 10.1 Å². The number of nitrogens with one attached hydrogen (secondary N) is 1. The average Bonchev–Trinajstić information content (AvgIpc) is 2.34. The van der Waals surface area contributed by atoms with Gasteiger partial charge in [0.05, 0.1) is 6.61 Å². The molecule has 1 saturated heterocycles. The first kappa shape index (κ1) is 16.9. The SMILES string of the molecule is CCOCC(C)N1CC(CC(C)C)NCC1C(C)C. The van der Waals surface area contributed by atoms with Gasteiger partial charge in [0, 0.05) is 37.8 Å².